The van der Waals surface area contributed by atoms with Gasteiger partial charge in [-0.15, -0.1) is 0 Å². The Kier molecular flexibility index (Phi) is 9.03. The number of esters is 1. The Morgan fingerprint density at radius 2 is 1.92 bits per heavy atom. The van der Waals surface area contributed by atoms with Crippen LogP contribution in [-0.2, 0) is 9.53 Å². The predicted octanol–water partition coefficient (Wildman–Crippen LogP) is 1.95. The zero-order valence-corrected chi connectivity index (χ0v) is 21.9. The van der Waals surface area contributed by atoms with Crippen LogP contribution in [0.1, 0.15) is 32.4 Å². The van der Waals surface area contributed by atoms with E-state index in [4.69, 9.17) is 14.2 Å². The lowest BCUT2D eigenvalue weighted by atomic mass is 9.93. The van der Waals surface area contributed by atoms with Crippen LogP contribution in [-0.4, -0.2) is 99.4 Å². The summed E-state index contributed by atoms with van der Waals surface area (Å²) in [6.45, 7) is 8.46. The number of carbonyl (C=O) groups is 3. The van der Waals surface area contributed by atoms with Crippen LogP contribution in [0, 0.1) is 0 Å². The first kappa shape index (κ1) is 27.1. The molecule has 0 spiro atoms. The zero-order valence-electron chi connectivity index (χ0n) is 21.9. The van der Waals surface area contributed by atoms with Crippen LogP contribution in [0.3, 0.4) is 0 Å². The van der Waals surface area contributed by atoms with Gasteiger partial charge < -0.3 is 29.7 Å². The van der Waals surface area contributed by atoms with Crippen LogP contribution in [0.15, 0.2) is 29.5 Å². The molecule has 2 N–H and O–H groups in total. The summed E-state index contributed by atoms with van der Waals surface area (Å²) in [5, 5.41) is 5.77. The fourth-order valence-electron chi connectivity index (χ4n) is 4.71. The monoisotopic (exact) mass is 503 g/mol. The first-order chi connectivity index (χ1) is 17.3. The molecule has 1 aromatic rings. The van der Waals surface area contributed by atoms with Crippen LogP contribution in [0.2, 0.25) is 0 Å². The number of amides is 4. The Balaban J connectivity index is 2.01. The molecule has 0 radical (unpaired) electrons. The molecule has 0 aliphatic carbocycles. The van der Waals surface area contributed by atoms with E-state index in [0.717, 1.165) is 0 Å². The summed E-state index contributed by atoms with van der Waals surface area (Å²) in [6, 6.07) is 4.07. The topological polar surface area (TPSA) is 113 Å². The maximum atomic E-state index is 13.3. The summed E-state index contributed by atoms with van der Waals surface area (Å²) in [6.07, 6.45) is 0. The average molecular weight is 504 g/mol. The first-order valence-corrected chi connectivity index (χ1v) is 12.2. The summed E-state index contributed by atoms with van der Waals surface area (Å²) in [5.41, 5.74) is 1.48. The lowest BCUT2D eigenvalue weighted by Gasteiger charge is -2.42. The number of ether oxygens (including phenoxy) is 3. The van der Waals surface area contributed by atoms with E-state index in [0.29, 0.717) is 61.1 Å². The largest absolute Gasteiger partial charge is 0.493 e. The summed E-state index contributed by atoms with van der Waals surface area (Å²) < 4.78 is 16.5. The van der Waals surface area contributed by atoms with Crippen molar-refractivity contribution in [2.45, 2.75) is 32.9 Å². The van der Waals surface area contributed by atoms with Crippen LogP contribution in [0.5, 0.6) is 11.5 Å². The standard InChI is InChI=1S/C25H37N5O6/c1-7-26-24(32)30-13-12-29(14-16(30)3)15-18-20(23(31)36-8-2)21(27-25(33)28(18)4)17-10-9-11-19(34-5)22(17)35-6/h9-11,16,21H,7-8,12-15H2,1-6H3,(H,26,32)(H,27,33)/t16-,21-/m1/s1. The fraction of sp³-hybridized carbons (Fsp3) is 0.560. The molecule has 2 aliphatic rings. The van der Waals surface area contributed by atoms with Crippen LogP contribution >= 0.6 is 0 Å². The Morgan fingerprint density at radius 1 is 1.17 bits per heavy atom. The molecule has 2 atom stereocenters. The van der Waals surface area contributed by atoms with E-state index in [2.05, 4.69) is 15.5 Å². The maximum absolute atomic E-state index is 13.3. The van der Waals surface area contributed by atoms with Gasteiger partial charge >= 0.3 is 18.0 Å². The number of likely N-dealkylation sites (N-methyl/N-ethyl adjacent to an activating group) is 1. The Labute approximate surface area is 212 Å². The fourth-order valence-corrected chi connectivity index (χ4v) is 4.71. The molecule has 4 amide bonds. The number of methoxy groups -OCH3 is 2. The third kappa shape index (κ3) is 5.51. The number of benzene rings is 1. The lowest BCUT2D eigenvalue weighted by molar-refractivity contribution is -0.139. The number of urea groups is 2. The molecule has 2 heterocycles. The quantitative estimate of drug-likeness (QED) is 0.522. The second-order valence-electron chi connectivity index (χ2n) is 8.72. The minimum Gasteiger partial charge on any atom is -0.493 e. The van der Waals surface area contributed by atoms with Crippen molar-refractivity contribution in [2.24, 2.45) is 0 Å². The van der Waals surface area contributed by atoms with Gasteiger partial charge in [-0.05, 0) is 26.8 Å². The molecule has 0 saturated carbocycles. The van der Waals surface area contributed by atoms with Crippen molar-refractivity contribution in [3.8, 4) is 11.5 Å². The van der Waals surface area contributed by atoms with Crippen LogP contribution in [0.4, 0.5) is 9.59 Å². The predicted molar refractivity (Wildman–Crippen MR) is 134 cm³/mol. The highest BCUT2D eigenvalue weighted by Crippen LogP contribution is 2.40. The van der Waals surface area contributed by atoms with Gasteiger partial charge in [0, 0.05) is 57.1 Å². The van der Waals surface area contributed by atoms with Gasteiger partial charge in [0.05, 0.1) is 32.4 Å². The second kappa shape index (κ2) is 12.0. The van der Waals surface area contributed by atoms with E-state index in [-0.39, 0.29) is 24.7 Å². The molecule has 36 heavy (non-hydrogen) atoms. The van der Waals surface area contributed by atoms with E-state index in [1.807, 2.05) is 18.7 Å². The number of piperazine rings is 1. The van der Waals surface area contributed by atoms with Gasteiger partial charge in [0.15, 0.2) is 11.5 Å². The molecule has 0 bridgehead atoms. The molecular formula is C25H37N5O6. The van der Waals surface area contributed by atoms with Crippen molar-refractivity contribution in [3.63, 3.8) is 0 Å². The van der Waals surface area contributed by atoms with Crippen molar-refractivity contribution in [3.05, 3.63) is 35.0 Å². The third-order valence-electron chi connectivity index (χ3n) is 6.49. The molecular weight excluding hydrogens is 466 g/mol. The second-order valence-corrected chi connectivity index (χ2v) is 8.72. The zero-order chi connectivity index (χ0) is 26.4. The molecule has 0 aromatic heterocycles. The summed E-state index contributed by atoms with van der Waals surface area (Å²) in [7, 11) is 4.68. The average Bonchev–Trinajstić information content (AvgIpc) is 2.86. The summed E-state index contributed by atoms with van der Waals surface area (Å²) >= 11 is 0. The van der Waals surface area contributed by atoms with Gasteiger partial charge in [0.1, 0.15) is 0 Å². The van der Waals surface area contributed by atoms with Gasteiger partial charge in [-0.1, -0.05) is 12.1 Å². The molecule has 198 valence electrons. The normalized spacial score (nSPS) is 20.7. The number of carbonyl (C=O) groups excluding carboxylic acids is 3. The van der Waals surface area contributed by atoms with Crippen molar-refractivity contribution in [1.82, 2.24) is 25.3 Å². The van der Waals surface area contributed by atoms with Crippen LogP contribution in [0.25, 0.3) is 0 Å². The van der Waals surface area contributed by atoms with E-state index >= 15 is 0 Å². The number of para-hydroxylation sites is 1. The third-order valence-corrected chi connectivity index (χ3v) is 6.49. The van der Waals surface area contributed by atoms with Gasteiger partial charge in [0.25, 0.3) is 0 Å². The number of hydrogen-bond donors (Lipinski definition) is 2. The molecule has 2 aliphatic heterocycles. The number of rotatable bonds is 8. The highest BCUT2D eigenvalue weighted by Gasteiger charge is 2.39. The summed E-state index contributed by atoms with van der Waals surface area (Å²) in [5.74, 6) is 0.409. The minimum absolute atomic E-state index is 0.0334. The minimum atomic E-state index is -0.790. The van der Waals surface area contributed by atoms with E-state index in [1.54, 1.807) is 32.2 Å². The van der Waals surface area contributed by atoms with Gasteiger partial charge in [-0.3, -0.25) is 9.80 Å². The van der Waals surface area contributed by atoms with E-state index < -0.39 is 12.0 Å². The van der Waals surface area contributed by atoms with E-state index in [1.165, 1.54) is 19.1 Å². The van der Waals surface area contributed by atoms with Crippen molar-refractivity contribution >= 4 is 18.0 Å². The highest BCUT2D eigenvalue weighted by atomic mass is 16.5. The van der Waals surface area contributed by atoms with Crippen molar-refractivity contribution < 1.29 is 28.6 Å². The van der Waals surface area contributed by atoms with Gasteiger partial charge in [-0.2, -0.15) is 0 Å². The van der Waals surface area contributed by atoms with Crippen molar-refractivity contribution in [2.75, 3.05) is 60.6 Å². The van der Waals surface area contributed by atoms with Gasteiger partial charge in [0.2, 0.25) is 0 Å². The molecule has 1 fully saturated rings. The molecule has 1 saturated heterocycles. The molecule has 3 rings (SSSR count). The number of hydrogen-bond acceptors (Lipinski definition) is 7. The Bertz CT molecular complexity index is 1010. The SMILES string of the molecule is CCNC(=O)N1CCN(CC2=C(C(=O)OCC)[C@@H](c3cccc(OC)c3OC)NC(=O)N2C)C[C@H]1C. The maximum Gasteiger partial charge on any atom is 0.338 e. The first-order valence-electron chi connectivity index (χ1n) is 12.2. The number of nitrogens with one attached hydrogen (secondary N) is 2. The Morgan fingerprint density at radius 3 is 2.53 bits per heavy atom. The van der Waals surface area contributed by atoms with Crippen molar-refractivity contribution in [1.29, 1.82) is 0 Å². The molecule has 1 aromatic carbocycles. The van der Waals surface area contributed by atoms with E-state index in [9.17, 15) is 14.4 Å². The molecule has 0 unspecified atom stereocenters. The number of nitrogens with zero attached hydrogens (tertiary/aromatic N) is 3. The van der Waals surface area contributed by atoms with Gasteiger partial charge in [-0.25, -0.2) is 14.4 Å². The molecule has 11 nitrogen and oxygen atoms in total. The smallest absolute Gasteiger partial charge is 0.338 e. The Hall–Kier alpha value is -3.47. The summed E-state index contributed by atoms with van der Waals surface area (Å²) in [4.78, 5) is 44.1. The highest BCUT2D eigenvalue weighted by molar-refractivity contribution is 5.95. The lowest BCUT2D eigenvalue weighted by Crippen LogP contribution is -2.57. The molecule has 11 heteroatoms. The van der Waals surface area contributed by atoms with Crippen LogP contribution < -0.4 is 20.1 Å².